The Kier molecular flexibility index (Phi) is 5.86. The molecule has 0 spiro atoms. The summed E-state index contributed by atoms with van der Waals surface area (Å²) in [6, 6.07) is 17.8. The molecule has 0 saturated carbocycles. The van der Waals surface area contributed by atoms with E-state index in [1.54, 1.807) is 55.6 Å². The summed E-state index contributed by atoms with van der Waals surface area (Å²) in [6.45, 7) is 1.46. The number of benzene rings is 2. The van der Waals surface area contributed by atoms with Crippen LogP contribution < -0.4 is 20.7 Å². The van der Waals surface area contributed by atoms with Crippen LogP contribution in [0.15, 0.2) is 66.9 Å². The number of aromatic nitrogens is 1. The van der Waals surface area contributed by atoms with Crippen LogP contribution in [-0.4, -0.2) is 23.9 Å². The minimum Gasteiger partial charge on any atom is -0.497 e. The van der Waals surface area contributed by atoms with Crippen molar-refractivity contribution >= 4 is 34.7 Å². The van der Waals surface area contributed by atoms with E-state index in [4.69, 9.17) is 4.74 Å². The number of anilines is 4. The van der Waals surface area contributed by atoms with Crippen molar-refractivity contribution in [1.82, 2.24) is 4.98 Å². The van der Waals surface area contributed by atoms with Gasteiger partial charge < -0.3 is 20.7 Å². The number of nitrogens with zero attached hydrogens (tertiary/aromatic N) is 1. The SMILES string of the molecule is COc1ccc(NC(=O)c2ccc(Nc3cccc(NC(C)=O)c3)nc2)cc1. The summed E-state index contributed by atoms with van der Waals surface area (Å²) in [5.74, 6) is 0.915. The molecule has 7 nitrogen and oxygen atoms in total. The monoisotopic (exact) mass is 376 g/mol. The quantitative estimate of drug-likeness (QED) is 0.604. The van der Waals surface area contributed by atoms with Crippen molar-refractivity contribution in [2.45, 2.75) is 6.92 Å². The maximum absolute atomic E-state index is 12.3. The molecule has 0 aliphatic carbocycles. The first-order valence-electron chi connectivity index (χ1n) is 8.59. The molecule has 0 atom stereocenters. The summed E-state index contributed by atoms with van der Waals surface area (Å²) in [7, 11) is 1.59. The molecule has 28 heavy (non-hydrogen) atoms. The van der Waals surface area contributed by atoms with Gasteiger partial charge in [0.2, 0.25) is 5.91 Å². The molecule has 142 valence electrons. The third-order valence-electron chi connectivity index (χ3n) is 3.83. The zero-order chi connectivity index (χ0) is 19.9. The van der Waals surface area contributed by atoms with E-state index in [0.717, 1.165) is 11.4 Å². The van der Waals surface area contributed by atoms with Crippen molar-refractivity contribution in [1.29, 1.82) is 0 Å². The Labute approximate surface area is 162 Å². The lowest BCUT2D eigenvalue weighted by molar-refractivity contribution is -0.114. The van der Waals surface area contributed by atoms with Gasteiger partial charge >= 0.3 is 0 Å². The van der Waals surface area contributed by atoms with Crippen molar-refractivity contribution in [3.8, 4) is 5.75 Å². The third-order valence-corrected chi connectivity index (χ3v) is 3.83. The molecule has 2 amide bonds. The number of carbonyl (C=O) groups excluding carboxylic acids is 2. The molecule has 3 aromatic rings. The van der Waals surface area contributed by atoms with Crippen LogP contribution in [0.3, 0.4) is 0 Å². The molecule has 2 aromatic carbocycles. The van der Waals surface area contributed by atoms with E-state index in [2.05, 4.69) is 20.9 Å². The molecule has 0 bridgehead atoms. The molecule has 0 saturated heterocycles. The number of amides is 2. The van der Waals surface area contributed by atoms with E-state index >= 15 is 0 Å². The molecular formula is C21H20N4O3. The van der Waals surface area contributed by atoms with Crippen molar-refractivity contribution < 1.29 is 14.3 Å². The second kappa shape index (κ2) is 8.68. The van der Waals surface area contributed by atoms with Crippen LogP contribution in [0, 0.1) is 0 Å². The van der Waals surface area contributed by atoms with Gasteiger partial charge in [-0.25, -0.2) is 4.98 Å². The number of methoxy groups -OCH3 is 1. The predicted molar refractivity (Wildman–Crippen MR) is 109 cm³/mol. The van der Waals surface area contributed by atoms with Gasteiger partial charge in [0.15, 0.2) is 0 Å². The standard InChI is InChI=1S/C21H20N4O3/c1-14(26)23-17-4-3-5-18(12-17)24-20-11-6-15(13-22-20)21(27)25-16-7-9-19(28-2)10-8-16/h3-13H,1-2H3,(H,22,24)(H,23,26)(H,25,27). The number of hydrogen-bond donors (Lipinski definition) is 3. The zero-order valence-electron chi connectivity index (χ0n) is 15.5. The van der Waals surface area contributed by atoms with Crippen LogP contribution in [-0.2, 0) is 4.79 Å². The number of carbonyl (C=O) groups is 2. The largest absolute Gasteiger partial charge is 0.497 e. The lowest BCUT2D eigenvalue weighted by Gasteiger charge is -2.09. The van der Waals surface area contributed by atoms with Crippen LogP contribution in [0.1, 0.15) is 17.3 Å². The average molecular weight is 376 g/mol. The number of hydrogen-bond acceptors (Lipinski definition) is 5. The van der Waals surface area contributed by atoms with Gasteiger partial charge in [0.25, 0.3) is 5.91 Å². The van der Waals surface area contributed by atoms with E-state index in [1.807, 2.05) is 12.1 Å². The van der Waals surface area contributed by atoms with Gasteiger partial charge in [0.1, 0.15) is 11.6 Å². The highest BCUT2D eigenvalue weighted by Gasteiger charge is 2.07. The highest BCUT2D eigenvalue weighted by molar-refractivity contribution is 6.04. The third kappa shape index (κ3) is 5.07. The van der Waals surface area contributed by atoms with Gasteiger partial charge in [-0.15, -0.1) is 0 Å². The average Bonchev–Trinajstić information content (AvgIpc) is 2.69. The van der Waals surface area contributed by atoms with Crippen LogP contribution in [0.4, 0.5) is 22.9 Å². The van der Waals surface area contributed by atoms with E-state index in [0.29, 0.717) is 22.8 Å². The van der Waals surface area contributed by atoms with Crippen molar-refractivity contribution in [2.75, 3.05) is 23.1 Å². The summed E-state index contributed by atoms with van der Waals surface area (Å²) in [4.78, 5) is 27.8. The van der Waals surface area contributed by atoms with Gasteiger partial charge in [-0.05, 0) is 54.6 Å². The minimum absolute atomic E-state index is 0.137. The summed E-state index contributed by atoms with van der Waals surface area (Å²) in [5.41, 5.74) is 2.57. The molecule has 0 aliphatic heterocycles. The van der Waals surface area contributed by atoms with Crippen molar-refractivity contribution in [3.05, 3.63) is 72.4 Å². The summed E-state index contributed by atoms with van der Waals surface area (Å²) in [5, 5.41) is 8.67. The van der Waals surface area contributed by atoms with Gasteiger partial charge in [0, 0.05) is 30.2 Å². The molecule has 0 unspecified atom stereocenters. The Hall–Kier alpha value is -3.87. The molecule has 3 N–H and O–H groups in total. The smallest absolute Gasteiger partial charge is 0.257 e. The Morgan fingerprint density at radius 1 is 0.893 bits per heavy atom. The fourth-order valence-electron chi connectivity index (χ4n) is 2.51. The molecule has 7 heteroatoms. The zero-order valence-corrected chi connectivity index (χ0v) is 15.5. The highest BCUT2D eigenvalue weighted by atomic mass is 16.5. The molecule has 0 radical (unpaired) electrons. The molecule has 1 heterocycles. The van der Waals surface area contributed by atoms with E-state index in [1.165, 1.54) is 13.1 Å². The van der Waals surface area contributed by atoms with E-state index in [-0.39, 0.29) is 11.8 Å². The highest BCUT2D eigenvalue weighted by Crippen LogP contribution is 2.20. The van der Waals surface area contributed by atoms with Gasteiger partial charge in [-0.2, -0.15) is 0 Å². The van der Waals surface area contributed by atoms with Gasteiger partial charge in [-0.3, -0.25) is 9.59 Å². The van der Waals surface area contributed by atoms with E-state index < -0.39 is 0 Å². The Balaban J connectivity index is 1.64. The number of ether oxygens (including phenoxy) is 1. The van der Waals surface area contributed by atoms with Crippen molar-refractivity contribution in [3.63, 3.8) is 0 Å². The molecule has 1 aromatic heterocycles. The Bertz CT molecular complexity index is 970. The first-order chi connectivity index (χ1) is 13.5. The molecule has 0 fully saturated rings. The normalized spacial score (nSPS) is 10.1. The minimum atomic E-state index is -0.253. The summed E-state index contributed by atoms with van der Waals surface area (Å²) < 4.78 is 5.10. The number of rotatable bonds is 6. The predicted octanol–water partition coefficient (Wildman–Crippen LogP) is 4.04. The fourth-order valence-corrected chi connectivity index (χ4v) is 2.51. The second-order valence-electron chi connectivity index (χ2n) is 6.00. The second-order valence-corrected chi connectivity index (χ2v) is 6.00. The summed E-state index contributed by atoms with van der Waals surface area (Å²) in [6.07, 6.45) is 1.50. The topological polar surface area (TPSA) is 92.4 Å². The number of nitrogens with one attached hydrogen (secondary N) is 3. The van der Waals surface area contributed by atoms with Crippen LogP contribution in [0.5, 0.6) is 5.75 Å². The maximum Gasteiger partial charge on any atom is 0.257 e. The summed E-state index contributed by atoms with van der Waals surface area (Å²) >= 11 is 0. The number of pyridine rings is 1. The van der Waals surface area contributed by atoms with Crippen molar-refractivity contribution in [2.24, 2.45) is 0 Å². The van der Waals surface area contributed by atoms with Crippen LogP contribution in [0.25, 0.3) is 0 Å². The lowest BCUT2D eigenvalue weighted by atomic mass is 10.2. The fraction of sp³-hybridized carbons (Fsp3) is 0.0952. The first-order valence-corrected chi connectivity index (χ1v) is 8.59. The Morgan fingerprint density at radius 3 is 2.29 bits per heavy atom. The van der Waals surface area contributed by atoms with Gasteiger partial charge in [-0.1, -0.05) is 6.07 Å². The van der Waals surface area contributed by atoms with Crippen LogP contribution in [0.2, 0.25) is 0 Å². The lowest BCUT2D eigenvalue weighted by Crippen LogP contribution is -2.12. The molecule has 0 aliphatic rings. The maximum atomic E-state index is 12.3. The molecule has 3 rings (SSSR count). The first kappa shape index (κ1) is 18.9. The van der Waals surface area contributed by atoms with Gasteiger partial charge in [0.05, 0.1) is 12.7 Å². The Morgan fingerprint density at radius 2 is 1.64 bits per heavy atom. The van der Waals surface area contributed by atoms with E-state index in [9.17, 15) is 9.59 Å². The molecular weight excluding hydrogens is 356 g/mol. The van der Waals surface area contributed by atoms with Crippen LogP contribution >= 0.6 is 0 Å².